The Labute approximate surface area is 173 Å². The van der Waals surface area contributed by atoms with E-state index in [1.807, 2.05) is 29.2 Å². The molecule has 0 radical (unpaired) electrons. The molecule has 1 heterocycles. The van der Waals surface area contributed by atoms with Gasteiger partial charge in [0.05, 0.1) is 5.69 Å². The van der Waals surface area contributed by atoms with Crippen molar-refractivity contribution in [2.24, 2.45) is 11.8 Å². The quantitative estimate of drug-likeness (QED) is 0.819. The van der Waals surface area contributed by atoms with E-state index in [2.05, 4.69) is 54.0 Å². The normalized spacial score (nSPS) is 21.9. The first-order valence-corrected chi connectivity index (χ1v) is 10.5. The van der Waals surface area contributed by atoms with Crippen molar-refractivity contribution in [3.05, 3.63) is 65.7 Å². The molecule has 0 spiro atoms. The van der Waals surface area contributed by atoms with E-state index >= 15 is 0 Å². The first-order chi connectivity index (χ1) is 14.2. The molecule has 150 valence electrons. The van der Waals surface area contributed by atoms with Crippen molar-refractivity contribution in [2.45, 2.75) is 19.3 Å². The van der Waals surface area contributed by atoms with E-state index in [0.29, 0.717) is 17.7 Å². The molecule has 1 amide bonds. The fourth-order valence-electron chi connectivity index (χ4n) is 4.48. The molecule has 2 aromatic rings. The van der Waals surface area contributed by atoms with E-state index in [0.717, 1.165) is 43.9 Å². The Bertz CT molecular complexity index is 907. The first kappa shape index (κ1) is 19.5. The lowest BCUT2D eigenvalue weighted by molar-refractivity contribution is -0.136. The number of hydrogen-bond donors (Lipinski definition) is 1. The SMILES string of the molecule is C[C@@H](C(=O)N1CCN(c2ccccc2C#CCO)CC1)C1C[C@@H]1c1ccccc1. The molecule has 29 heavy (non-hydrogen) atoms. The maximum Gasteiger partial charge on any atom is 0.225 e. The van der Waals surface area contributed by atoms with Crippen LogP contribution < -0.4 is 4.90 Å². The van der Waals surface area contributed by atoms with Crippen molar-refractivity contribution >= 4 is 11.6 Å². The van der Waals surface area contributed by atoms with Crippen LogP contribution in [0.4, 0.5) is 5.69 Å². The number of aliphatic hydroxyl groups excluding tert-OH is 1. The number of nitrogens with zero attached hydrogens (tertiary/aromatic N) is 2. The topological polar surface area (TPSA) is 43.8 Å². The van der Waals surface area contributed by atoms with Gasteiger partial charge in [-0.25, -0.2) is 0 Å². The summed E-state index contributed by atoms with van der Waals surface area (Å²) in [5, 5.41) is 8.99. The maximum absolute atomic E-state index is 13.1. The van der Waals surface area contributed by atoms with E-state index in [-0.39, 0.29) is 12.5 Å². The van der Waals surface area contributed by atoms with Gasteiger partial charge in [-0.15, -0.1) is 0 Å². The average Bonchev–Trinajstić information content (AvgIpc) is 3.59. The summed E-state index contributed by atoms with van der Waals surface area (Å²) in [5.41, 5.74) is 3.38. The molecule has 1 saturated heterocycles. The predicted octanol–water partition coefficient (Wildman–Crippen LogP) is 3.12. The van der Waals surface area contributed by atoms with Gasteiger partial charge in [0.25, 0.3) is 0 Å². The van der Waals surface area contributed by atoms with Gasteiger partial charge in [0.15, 0.2) is 0 Å². The number of anilines is 1. The number of para-hydroxylation sites is 1. The van der Waals surface area contributed by atoms with Gasteiger partial charge in [-0.3, -0.25) is 4.79 Å². The van der Waals surface area contributed by atoms with E-state index in [1.54, 1.807) is 0 Å². The summed E-state index contributed by atoms with van der Waals surface area (Å²) < 4.78 is 0. The summed E-state index contributed by atoms with van der Waals surface area (Å²) in [4.78, 5) is 17.4. The Balaban J connectivity index is 1.35. The van der Waals surface area contributed by atoms with Crippen molar-refractivity contribution in [1.29, 1.82) is 0 Å². The number of carbonyl (C=O) groups excluding carboxylic acids is 1. The molecule has 4 nitrogen and oxygen atoms in total. The largest absolute Gasteiger partial charge is 0.384 e. The van der Waals surface area contributed by atoms with Gasteiger partial charge < -0.3 is 14.9 Å². The van der Waals surface area contributed by atoms with Crippen molar-refractivity contribution in [2.75, 3.05) is 37.7 Å². The minimum atomic E-state index is -0.139. The summed E-state index contributed by atoms with van der Waals surface area (Å²) in [5.74, 6) is 7.15. The second-order valence-corrected chi connectivity index (χ2v) is 7.99. The third-order valence-corrected chi connectivity index (χ3v) is 6.24. The maximum atomic E-state index is 13.1. The molecular weight excluding hydrogens is 360 g/mol. The summed E-state index contributed by atoms with van der Waals surface area (Å²) in [6, 6.07) is 18.6. The predicted molar refractivity (Wildman–Crippen MR) is 116 cm³/mol. The smallest absolute Gasteiger partial charge is 0.225 e. The zero-order chi connectivity index (χ0) is 20.2. The Morgan fingerprint density at radius 3 is 2.48 bits per heavy atom. The first-order valence-electron chi connectivity index (χ1n) is 10.5. The van der Waals surface area contributed by atoms with Crippen LogP contribution >= 0.6 is 0 Å². The molecule has 2 aliphatic rings. The minimum absolute atomic E-state index is 0.0782. The molecule has 0 bridgehead atoms. The Morgan fingerprint density at radius 2 is 1.76 bits per heavy atom. The Kier molecular flexibility index (Phi) is 5.87. The molecule has 1 saturated carbocycles. The molecule has 2 aromatic carbocycles. The summed E-state index contributed by atoms with van der Waals surface area (Å²) in [6.07, 6.45) is 1.12. The Morgan fingerprint density at radius 1 is 1.07 bits per heavy atom. The second kappa shape index (κ2) is 8.71. The van der Waals surface area contributed by atoms with Gasteiger partial charge in [0, 0.05) is 37.7 Å². The molecule has 1 N–H and O–H groups in total. The fraction of sp³-hybridized carbons (Fsp3) is 0.400. The van der Waals surface area contributed by atoms with Crippen molar-refractivity contribution in [3.8, 4) is 11.8 Å². The number of benzene rings is 2. The average molecular weight is 389 g/mol. The third kappa shape index (κ3) is 4.31. The minimum Gasteiger partial charge on any atom is -0.384 e. The van der Waals surface area contributed by atoms with Crippen LogP contribution in [0.15, 0.2) is 54.6 Å². The lowest BCUT2D eigenvalue weighted by Gasteiger charge is -2.37. The number of amides is 1. The van der Waals surface area contributed by atoms with E-state index in [4.69, 9.17) is 5.11 Å². The zero-order valence-electron chi connectivity index (χ0n) is 16.9. The third-order valence-electron chi connectivity index (χ3n) is 6.24. The highest BCUT2D eigenvalue weighted by Crippen LogP contribution is 2.52. The molecule has 1 unspecified atom stereocenters. The molecule has 1 aliphatic heterocycles. The van der Waals surface area contributed by atoms with Crippen LogP contribution in [0.3, 0.4) is 0 Å². The van der Waals surface area contributed by atoms with Gasteiger partial charge >= 0.3 is 0 Å². The monoisotopic (exact) mass is 388 g/mol. The van der Waals surface area contributed by atoms with Gasteiger partial charge in [0.1, 0.15) is 6.61 Å². The molecule has 0 aromatic heterocycles. The molecule has 4 heteroatoms. The van der Waals surface area contributed by atoms with Crippen molar-refractivity contribution in [3.63, 3.8) is 0 Å². The molecule has 1 aliphatic carbocycles. The summed E-state index contributed by atoms with van der Waals surface area (Å²) >= 11 is 0. The summed E-state index contributed by atoms with van der Waals surface area (Å²) in [6.45, 7) is 5.06. The van der Waals surface area contributed by atoms with Gasteiger partial charge in [-0.05, 0) is 36.0 Å². The highest BCUT2D eigenvalue weighted by molar-refractivity contribution is 5.80. The second-order valence-electron chi connectivity index (χ2n) is 7.99. The van der Waals surface area contributed by atoms with Gasteiger partial charge in [-0.1, -0.05) is 61.2 Å². The van der Waals surface area contributed by atoms with Crippen molar-refractivity contribution in [1.82, 2.24) is 4.90 Å². The lowest BCUT2D eigenvalue weighted by atomic mass is 9.99. The number of hydrogen-bond acceptors (Lipinski definition) is 3. The number of piperazine rings is 1. The Hall–Kier alpha value is -2.77. The standard InChI is InChI=1S/C25H28N2O2/c1-19(22-18-23(22)20-8-3-2-4-9-20)25(29)27-15-13-26(14-16-27)24-12-6-5-10-21(24)11-7-17-28/h2-6,8-10,12,19,22-23,28H,13-18H2,1H3/t19-,22?,23-/m1/s1. The number of carbonyl (C=O) groups is 1. The van der Waals surface area contributed by atoms with Crippen LogP contribution in [0.1, 0.15) is 30.4 Å². The van der Waals surface area contributed by atoms with Crippen LogP contribution in [0.25, 0.3) is 0 Å². The van der Waals surface area contributed by atoms with Crippen LogP contribution in [0, 0.1) is 23.7 Å². The van der Waals surface area contributed by atoms with Gasteiger partial charge in [0.2, 0.25) is 5.91 Å². The highest BCUT2D eigenvalue weighted by Gasteiger charge is 2.45. The van der Waals surface area contributed by atoms with Crippen LogP contribution in [0.2, 0.25) is 0 Å². The van der Waals surface area contributed by atoms with Gasteiger partial charge in [-0.2, -0.15) is 0 Å². The molecule has 2 fully saturated rings. The fourth-order valence-corrected chi connectivity index (χ4v) is 4.48. The summed E-state index contributed by atoms with van der Waals surface area (Å²) in [7, 11) is 0. The van der Waals surface area contributed by atoms with E-state index in [9.17, 15) is 4.79 Å². The van der Waals surface area contributed by atoms with Crippen LogP contribution in [-0.2, 0) is 4.79 Å². The number of rotatable bonds is 4. The van der Waals surface area contributed by atoms with E-state index < -0.39 is 0 Å². The van der Waals surface area contributed by atoms with Crippen LogP contribution in [0.5, 0.6) is 0 Å². The molecule has 4 rings (SSSR count). The zero-order valence-corrected chi connectivity index (χ0v) is 16.9. The highest BCUT2D eigenvalue weighted by atomic mass is 16.2. The van der Waals surface area contributed by atoms with Crippen molar-refractivity contribution < 1.29 is 9.90 Å². The lowest BCUT2D eigenvalue weighted by Crippen LogP contribution is -2.50. The van der Waals surface area contributed by atoms with E-state index in [1.165, 1.54) is 5.56 Å². The molecular formula is C25H28N2O2. The number of aliphatic hydroxyl groups is 1. The van der Waals surface area contributed by atoms with Crippen LogP contribution in [-0.4, -0.2) is 48.7 Å². The molecule has 3 atom stereocenters.